The topological polar surface area (TPSA) is 63.3 Å². The molecule has 0 aromatic rings. The highest BCUT2D eigenvalue weighted by Gasteiger charge is 1.99. The summed E-state index contributed by atoms with van der Waals surface area (Å²) in [7, 11) is 1.50. The van der Waals surface area contributed by atoms with Crippen molar-refractivity contribution in [3.8, 4) is 0 Å². The number of nitrogens with two attached hydrogens (primary N) is 1. The molecule has 13 heavy (non-hydrogen) atoms. The van der Waals surface area contributed by atoms with Crippen LogP contribution in [0.1, 0.15) is 25.7 Å². The summed E-state index contributed by atoms with van der Waals surface area (Å²) in [5.74, 6) is -0.864. The van der Waals surface area contributed by atoms with Crippen molar-refractivity contribution in [2.45, 2.75) is 25.7 Å². The van der Waals surface area contributed by atoms with Gasteiger partial charge in [-0.3, -0.25) is 0 Å². The highest BCUT2D eigenvalue weighted by atomic mass is 16.4. The lowest BCUT2D eigenvalue weighted by molar-refractivity contribution is -0.131. The molecule has 0 saturated heterocycles. The van der Waals surface area contributed by atoms with Gasteiger partial charge in [0.25, 0.3) is 0 Å². The zero-order chi connectivity index (χ0) is 10.1. The summed E-state index contributed by atoms with van der Waals surface area (Å²) in [6.07, 6.45) is 9.57. The number of carboxylic acids is 1. The van der Waals surface area contributed by atoms with Crippen LogP contribution < -0.4 is 5.73 Å². The van der Waals surface area contributed by atoms with Crippen LogP contribution in [-0.2, 0) is 4.79 Å². The van der Waals surface area contributed by atoms with E-state index >= 15 is 0 Å². The van der Waals surface area contributed by atoms with E-state index in [2.05, 4.69) is 11.8 Å². The molecule has 3 heteroatoms. The van der Waals surface area contributed by atoms with E-state index in [4.69, 9.17) is 5.11 Å². The van der Waals surface area contributed by atoms with Gasteiger partial charge in [0.1, 0.15) is 0 Å². The number of hydrogen-bond acceptors (Lipinski definition) is 2. The summed E-state index contributed by atoms with van der Waals surface area (Å²) in [4.78, 5) is 10.1. The first-order valence-corrected chi connectivity index (χ1v) is 4.47. The van der Waals surface area contributed by atoms with Crippen molar-refractivity contribution in [3.63, 3.8) is 0 Å². The third-order valence-electron chi connectivity index (χ3n) is 1.77. The molecule has 1 aliphatic carbocycles. The maximum Gasteiger partial charge on any atom is 0.328 e. The van der Waals surface area contributed by atoms with E-state index < -0.39 is 5.97 Å². The van der Waals surface area contributed by atoms with Gasteiger partial charge in [-0.15, -0.1) is 0 Å². The normalized spacial score (nSPS) is 16.0. The number of aliphatic carboxylic acids is 1. The summed E-state index contributed by atoms with van der Waals surface area (Å²) in [6, 6.07) is 0. The molecular weight excluding hydrogens is 166 g/mol. The van der Waals surface area contributed by atoms with Crippen molar-refractivity contribution in [2.75, 3.05) is 7.05 Å². The summed E-state index contributed by atoms with van der Waals surface area (Å²) in [5, 5.41) is 8.33. The van der Waals surface area contributed by atoms with Crippen LogP contribution in [0.3, 0.4) is 0 Å². The number of carboxylic acid groups (broad SMARTS) is 1. The Bertz CT molecular complexity index is 207. The van der Waals surface area contributed by atoms with Gasteiger partial charge in [0.2, 0.25) is 0 Å². The molecule has 1 rings (SSSR count). The van der Waals surface area contributed by atoms with E-state index in [-0.39, 0.29) is 0 Å². The lowest BCUT2D eigenvalue weighted by atomic mass is 9.99. The fourth-order valence-corrected chi connectivity index (χ4v) is 1.19. The summed E-state index contributed by atoms with van der Waals surface area (Å²) in [5.41, 5.74) is 5.67. The summed E-state index contributed by atoms with van der Waals surface area (Å²) in [6.45, 7) is 0. The first-order valence-electron chi connectivity index (χ1n) is 4.47. The van der Waals surface area contributed by atoms with E-state index in [9.17, 15) is 4.79 Å². The third-order valence-corrected chi connectivity index (χ3v) is 1.77. The molecule has 0 aromatic carbocycles. The SMILES string of the molecule is CN.O=C(O)/C=C/C1=CCCCC1. The Morgan fingerprint density at radius 3 is 2.69 bits per heavy atom. The molecule has 3 N–H and O–H groups in total. The van der Waals surface area contributed by atoms with Gasteiger partial charge in [-0.25, -0.2) is 4.79 Å². The molecule has 0 aromatic heterocycles. The van der Waals surface area contributed by atoms with Crippen molar-refractivity contribution in [1.82, 2.24) is 0 Å². The molecule has 0 fully saturated rings. The molecule has 0 saturated carbocycles. The molecule has 0 aliphatic heterocycles. The van der Waals surface area contributed by atoms with Gasteiger partial charge in [0, 0.05) is 6.08 Å². The van der Waals surface area contributed by atoms with Crippen molar-refractivity contribution >= 4 is 5.97 Å². The standard InChI is InChI=1S/C9H12O2.CH5N/c10-9(11)7-6-8-4-2-1-3-5-8;1-2/h4,6-7H,1-3,5H2,(H,10,11);2H2,1H3/b7-6+;. The van der Waals surface area contributed by atoms with Crippen LogP contribution in [0.5, 0.6) is 0 Å². The second kappa shape index (κ2) is 7.55. The van der Waals surface area contributed by atoms with Gasteiger partial charge in [-0.05, 0) is 32.7 Å². The van der Waals surface area contributed by atoms with Crippen LogP contribution >= 0.6 is 0 Å². The van der Waals surface area contributed by atoms with Gasteiger partial charge < -0.3 is 10.8 Å². The molecule has 3 nitrogen and oxygen atoms in total. The van der Waals surface area contributed by atoms with E-state index in [1.807, 2.05) is 0 Å². The van der Waals surface area contributed by atoms with Crippen molar-refractivity contribution in [1.29, 1.82) is 0 Å². The second-order valence-electron chi connectivity index (χ2n) is 2.70. The summed E-state index contributed by atoms with van der Waals surface area (Å²) < 4.78 is 0. The van der Waals surface area contributed by atoms with Gasteiger partial charge in [-0.2, -0.15) is 0 Å². The van der Waals surface area contributed by atoms with E-state index in [1.165, 1.54) is 31.5 Å². The van der Waals surface area contributed by atoms with E-state index in [0.29, 0.717) is 0 Å². The molecular formula is C10H17NO2. The predicted molar refractivity (Wildman–Crippen MR) is 53.4 cm³/mol. The fraction of sp³-hybridized carbons (Fsp3) is 0.500. The van der Waals surface area contributed by atoms with Crippen LogP contribution in [0, 0.1) is 0 Å². The van der Waals surface area contributed by atoms with Crippen LogP contribution in [0.15, 0.2) is 23.8 Å². The monoisotopic (exact) mass is 183 g/mol. The largest absolute Gasteiger partial charge is 0.478 e. The van der Waals surface area contributed by atoms with Crippen molar-refractivity contribution in [2.24, 2.45) is 5.73 Å². The number of allylic oxidation sites excluding steroid dienone is 3. The lowest BCUT2D eigenvalue weighted by Crippen LogP contribution is -1.91. The third kappa shape index (κ3) is 6.11. The zero-order valence-electron chi connectivity index (χ0n) is 7.99. The van der Waals surface area contributed by atoms with E-state index in [1.54, 1.807) is 6.08 Å². The van der Waals surface area contributed by atoms with Gasteiger partial charge in [0.15, 0.2) is 0 Å². The Morgan fingerprint density at radius 2 is 2.23 bits per heavy atom. The molecule has 0 atom stereocenters. The Morgan fingerprint density at radius 1 is 1.54 bits per heavy atom. The molecule has 0 unspecified atom stereocenters. The molecule has 1 aliphatic rings. The van der Waals surface area contributed by atoms with E-state index in [0.717, 1.165) is 12.8 Å². The molecule has 0 heterocycles. The molecule has 74 valence electrons. The Kier molecular flexibility index (Phi) is 6.92. The van der Waals surface area contributed by atoms with Crippen LogP contribution in [0.25, 0.3) is 0 Å². The second-order valence-corrected chi connectivity index (χ2v) is 2.70. The quantitative estimate of drug-likeness (QED) is 0.640. The molecule has 0 radical (unpaired) electrons. The minimum absolute atomic E-state index is 0.864. The highest BCUT2D eigenvalue weighted by Crippen LogP contribution is 2.17. The first-order chi connectivity index (χ1) is 6.29. The van der Waals surface area contributed by atoms with Crippen molar-refractivity contribution < 1.29 is 9.90 Å². The molecule has 0 amide bonds. The first kappa shape index (κ1) is 11.9. The number of rotatable bonds is 2. The summed E-state index contributed by atoms with van der Waals surface area (Å²) >= 11 is 0. The van der Waals surface area contributed by atoms with Crippen LogP contribution in [-0.4, -0.2) is 18.1 Å². The average molecular weight is 183 g/mol. The molecule has 0 spiro atoms. The maximum absolute atomic E-state index is 10.1. The highest BCUT2D eigenvalue weighted by molar-refractivity contribution is 5.80. The van der Waals surface area contributed by atoms with Gasteiger partial charge in [-0.1, -0.05) is 17.7 Å². The number of hydrogen-bond donors (Lipinski definition) is 2. The minimum atomic E-state index is -0.864. The number of carbonyl (C=O) groups is 1. The van der Waals surface area contributed by atoms with Crippen LogP contribution in [0.4, 0.5) is 0 Å². The molecule has 0 bridgehead atoms. The predicted octanol–water partition coefficient (Wildman–Crippen LogP) is 1.70. The average Bonchev–Trinajstić information content (AvgIpc) is 2.19. The lowest BCUT2D eigenvalue weighted by Gasteiger charge is -2.07. The minimum Gasteiger partial charge on any atom is -0.478 e. The Labute approximate surface area is 78.9 Å². The van der Waals surface area contributed by atoms with Gasteiger partial charge >= 0.3 is 5.97 Å². The smallest absolute Gasteiger partial charge is 0.328 e. The van der Waals surface area contributed by atoms with Gasteiger partial charge in [0.05, 0.1) is 0 Å². The van der Waals surface area contributed by atoms with Crippen LogP contribution in [0.2, 0.25) is 0 Å². The maximum atomic E-state index is 10.1. The Hall–Kier alpha value is -1.09. The fourth-order valence-electron chi connectivity index (χ4n) is 1.19. The van der Waals surface area contributed by atoms with Crippen molar-refractivity contribution in [3.05, 3.63) is 23.8 Å². The Balaban J connectivity index is 0.000000671. The zero-order valence-corrected chi connectivity index (χ0v) is 7.99.